The van der Waals surface area contributed by atoms with Crippen molar-refractivity contribution in [2.45, 2.75) is 154 Å². The molecular formula is C39H67BrO5. The lowest BCUT2D eigenvalue weighted by Gasteiger charge is -2.07. The number of hydrogen-bond acceptors (Lipinski definition) is 4. The average Bonchev–Trinajstić information content (AvgIpc) is 3.05. The summed E-state index contributed by atoms with van der Waals surface area (Å²) in [6.45, 7) is 4.51. The third kappa shape index (κ3) is 31.0. The van der Waals surface area contributed by atoms with Crippen molar-refractivity contribution in [1.82, 2.24) is 0 Å². The summed E-state index contributed by atoms with van der Waals surface area (Å²) in [6, 6.07) is 7.54. The monoisotopic (exact) mass is 694 g/mol. The smallest absolute Gasteiger partial charge is 0.328 e. The van der Waals surface area contributed by atoms with Crippen LogP contribution >= 0.6 is 15.9 Å². The molecule has 0 saturated heterocycles. The number of hydrogen-bond donors (Lipinski definition) is 1. The molecule has 0 aliphatic heterocycles. The summed E-state index contributed by atoms with van der Waals surface area (Å²) in [5, 5.41) is 9.84. The van der Waals surface area contributed by atoms with E-state index in [1.54, 1.807) is 6.08 Å². The van der Waals surface area contributed by atoms with Crippen LogP contribution in [0.5, 0.6) is 5.75 Å². The van der Waals surface area contributed by atoms with Crippen LogP contribution in [0.1, 0.15) is 160 Å². The van der Waals surface area contributed by atoms with Gasteiger partial charge in [0, 0.05) is 37.8 Å². The number of rotatable bonds is 35. The number of ether oxygens (including phenoxy) is 3. The van der Waals surface area contributed by atoms with Gasteiger partial charge in [-0.25, -0.2) is 4.79 Å². The molecule has 260 valence electrons. The van der Waals surface area contributed by atoms with Gasteiger partial charge >= 0.3 is 5.97 Å². The van der Waals surface area contributed by atoms with Crippen molar-refractivity contribution in [1.29, 1.82) is 0 Å². The van der Waals surface area contributed by atoms with Crippen LogP contribution in [0, 0.1) is 0 Å². The maximum absolute atomic E-state index is 10.6. The highest BCUT2D eigenvalue weighted by atomic mass is 79.9. The molecule has 0 spiro atoms. The predicted molar refractivity (Wildman–Crippen MR) is 195 cm³/mol. The fraction of sp³-hybridized carbons (Fsp3) is 0.769. The molecule has 1 aromatic carbocycles. The lowest BCUT2D eigenvalue weighted by atomic mass is 10.1. The Bertz CT molecular complexity index is 782. The van der Waals surface area contributed by atoms with Gasteiger partial charge in [0.2, 0.25) is 0 Å². The number of halogens is 1. The molecule has 0 heterocycles. The minimum atomic E-state index is -0.937. The Morgan fingerprint density at radius 1 is 0.511 bits per heavy atom. The Balaban J connectivity index is 1.68. The molecule has 5 nitrogen and oxygen atoms in total. The molecule has 0 aromatic heterocycles. The lowest BCUT2D eigenvalue weighted by molar-refractivity contribution is -0.131. The molecule has 0 radical (unpaired) electrons. The second-order valence-electron chi connectivity index (χ2n) is 12.5. The van der Waals surface area contributed by atoms with E-state index in [-0.39, 0.29) is 0 Å². The third-order valence-corrected chi connectivity index (χ3v) is 8.81. The number of benzene rings is 1. The van der Waals surface area contributed by atoms with Crippen molar-refractivity contribution in [3.8, 4) is 5.75 Å². The first-order chi connectivity index (χ1) is 22.2. The van der Waals surface area contributed by atoms with E-state index in [1.807, 2.05) is 24.3 Å². The molecule has 1 rings (SSSR count). The number of carboxylic acids is 1. The van der Waals surface area contributed by atoms with Gasteiger partial charge < -0.3 is 19.3 Å². The van der Waals surface area contributed by atoms with Crippen LogP contribution in [0.15, 0.2) is 30.3 Å². The molecule has 0 aliphatic rings. The van der Waals surface area contributed by atoms with E-state index in [9.17, 15) is 4.79 Å². The SMILES string of the molecule is O=C(O)/C=C/c1ccc(OCCCCCCCCCCOCCCCCCCCCCOCCCCCCCCCCBr)cc1. The Kier molecular flexibility index (Phi) is 31.5. The quantitative estimate of drug-likeness (QED) is 0.0435. The van der Waals surface area contributed by atoms with Crippen molar-refractivity contribution in [2.75, 3.05) is 38.4 Å². The highest BCUT2D eigenvalue weighted by Gasteiger charge is 1.98. The van der Waals surface area contributed by atoms with Crippen LogP contribution in [0.2, 0.25) is 0 Å². The van der Waals surface area contributed by atoms with Gasteiger partial charge in [0.1, 0.15) is 5.75 Å². The summed E-state index contributed by atoms with van der Waals surface area (Å²) in [4.78, 5) is 10.6. The van der Waals surface area contributed by atoms with E-state index in [0.717, 1.165) is 62.2 Å². The highest BCUT2D eigenvalue weighted by molar-refractivity contribution is 9.09. The first-order valence-electron chi connectivity index (χ1n) is 18.6. The van der Waals surface area contributed by atoms with Gasteiger partial charge in [-0.1, -0.05) is 144 Å². The lowest BCUT2D eigenvalue weighted by Crippen LogP contribution is -1.98. The van der Waals surface area contributed by atoms with Gasteiger partial charge in [-0.3, -0.25) is 0 Å². The summed E-state index contributed by atoms with van der Waals surface area (Å²) >= 11 is 3.50. The molecule has 0 aliphatic carbocycles. The second kappa shape index (κ2) is 34.0. The van der Waals surface area contributed by atoms with Gasteiger partial charge in [-0.2, -0.15) is 0 Å². The predicted octanol–water partition coefficient (Wildman–Crippen LogP) is 12.0. The molecule has 1 aromatic rings. The molecular weight excluding hydrogens is 628 g/mol. The van der Waals surface area contributed by atoms with E-state index >= 15 is 0 Å². The van der Waals surface area contributed by atoms with Crippen molar-refractivity contribution in [3.05, 3.63) is 35.9 Å². The van der Waals surface area contributed by atoms with E-state index < -0.39 is 5.97 Å². The molecule has 6 heteroatoms. The second-order valence-corrected chi connectivity index (χ2v) is 13.3. The van der Waals surface area contributed by atoms with Crippen LogP contribution in [-0.4, -0.2) is 49.4 Å². The zero-order chi connectivity index (χ0) is 32.3. The number of carboxylic acid groups (broad SMARTS) is 1. The number of alkyl halides is 1. The van der Waals surface area contributed by atoms with E-state index in [2.05, 4.69) is 15.9 Å². The first kappa shape index (κ1) is 41.7. The summed E-state index contributed by atoms with van der Waals surface area (Å²) in [7, 11) is 0. The molecule has 0 atom stereocenters. The highest BCUT2D eigenvalue weighted by Crippen LogP contribution is 2.15. The van der Waals surface area contributed by atoms with Crippen molar-refractivity contribution < 1.29 is 24.1 Å². The van der Waals surface area contributed by atoms with Gasteiger partial charge in [0.15, 0.2) is 0 Å². The molecule has 0 bridgehead atoms. The average molecular weight is 696 g/mol. The van der Waals surface area contributed by atoms with Crippen LogP contribution in [0.3, 0.4) is 0 Å². The zero-order valence-corrected chi connectivity index (χ0v) is 30.2. The van der Waals surface area contributed by atoms with Crippen molar-refractivity contribution in [2.24, 2.45) is 0 Å². The Labute approximate surface area is 285 Å². The van der Waals surface area contributed by atoms with Gasteiger partial charge in [0.25, 0.3) is 0 Å². The largest absolute Gasteiger partial charge is 0.494 e. The summed E-state index contributed by atoms with van der Waals surface area (Å²) in [5.74, 6) is -0.0984. The third-order valence-electron chi connectivity index (χ3n) is 8.25. The minimum absolute atomic E-state index is 0.732. The van der Waals surface area contributed by atoms with E-state index in [4.69, 9.17) is 19.3 Å². The molecule has 0 unspecified atom stereocenters. The van der Waals surface area contributed by atoms with Crippen LogP contribution in [0.25, 0.3) is 6.08 Å². The molecule has 45 heavy (non-hydrogen) atoms. The van der Waals surface area contributed by atoms with Crippen LogP contribution < -0.4 is 4.74 Å². The Morgan fingerprint density at radius 2 is 0.844 bits per heavy atom. The molecule has 0 amide bonds. The molecule has 0 fully saturated rings. The summed E-state index contributed by atoms with van der Waals surface area (Å²) < 4.78 is 17.5. The first-order valence-corrected chi connectivity index (χ1v) is 19.7. The summed E-state index contributed by atoms with van der Waals surface area (Å²) in [6.07, 6.45) is 34.1. The fourth-order valence-electron chi connectivity index (χ4n) is 5.43. The standard InChI is InChI=1S/C39H67BrO5/c40-31-19-13-7-1-2-8-14-20-32-43-33-21-15-9-3-4-10-16-22-34-44-35-23-17-11-5-6-12-18-24-36-45-38-28-25-37(26-29-38)27-30-39(41)42/h25-30H,1-24,31-36H2,(H,41,42)/b30-27+. The fourth-order valence-corrected chi connectivity index (χ4v) is 5.83. The van der Waals surface area contributed by atoms with Gasteiger partial charge in [-0.15, -0.1) is 0 Å². The number of aliphatic carboxylic acids is 1. The van der Waals surface area contributed by atoms with Crippen molar-refractivity contribution >= 4 is 28.0 Å². The maximum Gasteiger partial charge on any atom is 0.328 e. The zero-order valence-electron chi connectivity index (χ0n) is 28.6. The molecule has 1 N–H and O–H groups in total. The van der Waals surface area contributed by atoms with Gasteiger partial charge in [0.05, 0.1) is 6.61 Å². The summed E-state index contributed by atoms with van der Waals surface area (Å²) in [5.41, 5.74) is 0.860. The maximum atomic E-state index is 10.6. The van der Waals surface area contributed by atoms with E-state index in [1.165, 1.54) is 148 Å². The van der Waals surface area contributed by atoms with Crippen molar-refractivity contribution in [3.63, 3.8) is 0 Å². The van der Waals surface area contributed by atoms with Gasteiger partial charge in [-0.05, 0) is 62.3 Å². The topological polar surface area (TPSA) is 65.0 Å². The van der Waals surface area contributed by atoms with Crippen LogP contribution in [-0.2, 0) is 14.3 Å². The minimum Gasteiger partial charge on any atom is -0.494 e. The number of carbonyl (C=O) groups is 1. The molecule has 0 saturated carbocycles. The normalized spacial score (nSPS) is 11.5. The van der Waals surface area contributed by atoms with Crippen LogP contribution in [0.4, 0.5) is 0 Å². The Morgan fingerprint density at radius 3 is 1.20 bits per heavy atom. The Hall–Kier alpha value is -1.37. The van der Waals surface area contributed by atoms with E-state index in [0.29, 0.717) is 0 Å². The number of unbranched alkanes of at least 4 members (excludes halogenated alkanes) is 21.